The number of aliphatic hydroxyl groups excluding tert-OH is 1. The van der Waals surface area contributed by atoms with Gasteiger partial charge in [-0.2, -0.15) is 0 Å². The number of aromatic nitrogens is 1. The lowest BCUT2D eigenvalue weighted by atomic mass is 10.2. The number of aliphatic hydroxyl groups is 1. The van der Waals surface area contributed by atoms with Crippen LogP contribution in [0.4, 0.5) is 0 Å². The van der Waals surface area contributed by atoms with Gasteiger partial charge in [-0.05, 0) is 25.1 Å². The van der Waals surface area contributed by atoms with E-state index in [-0.39, 0.29) is 17.7 Å². The summed E-state index contributed by atoms with van der Waals surface area (Å²) in [5.41, 5.74) is 0.522. The quantitative estimate of drug-likeness (QED) is 0.757. The van der Waals surface area contributed by atoms with Gasteiger partial charge in [-0.25, -0.2) is 0 Å². The van der Waals surface area contributed by atoms with Crippen LogP contribution in [0.3, 0.4) is 0 Å². The molecule has 0 aliphatic carbocycles. The number of aromatic amines is 1. The average molecular weight is 262 g/mol. The molecule has 0 spiro atoms. The minimum atomic E-state index is -0.915. The monoisotopic (exact) mass is 262 g/mol. The number of carbonyl (C=O) groups is 1. The summed E-state index contributed by atoms with van der Waals surface area (Å²) in [4.78, 5) is 25.6. The fourth-order valence-corrected chi connectivity index (χ4v) is 1.69. The molecule has 1 atom stereocenters. The fourth-order valence-electron chi connectivity index (χ4n) is 1.69. The van der Waals surface area contributed by atoms with E-state index in [1.807, 2.05) is 0 Å². The normalized spacial score (nSPS) is 12.1. The number of aryl methyl sites for hydroxylation is 1. The van der Waals surface area contributed by atoms with E-state index in [2.05, 4.69) is 10.3 Å². The summed E-state index contributed by atoms with van der Waals surface area (Å²) in [6, 6.07) is 6.05. The van der Waals surface area contributed by atoms with Crippen molar-refractivity contribution >= 4 is 5.91 Å². The summed E-state index contributed by atoms with van der Waals surface area (Å²) in [6.45, 7) is 1.70. The van der Waals surface area contributed by atoms with Crippen molar-refractivity contribution in [2.45, 2.75) is 13.0 Å². The smallest absolute Gasteiger partial charge is 0.251 e. The van der Waals surface area contributed by atoms with E-state index in [1.165, 1.54) is 12.3 Å². The first-order valence-electron chi connectivity index (χ1n) is 5.77. The molecule has 2 rings (SSSR count). The molecule has 2 heterocycles. The number of amides is 1. The number of H-pyrrole nitrogens is 1. The summed E-state index contributed by atoms with van der Waals surface area (Å²) in [5, 5.41) is 12.3. The van der Waals surface area contributed by atoms with Gasteiger partial charge in [-0.1, -0.05) is 0 Å². The molecule has 2 aromatic heterocycles. The van der Waals surface area contributed by atoms with Crippen molar-refractivity contribution in [2.75, 3.05) is 6.54 Å². The highest BCUT2D eigenvalue weighted by atomic mass is 16.4. The van der Waals surface area contributed by atoms with Gasteiger partial charge in [-0.15, -0.1) is 0 Å². The first-order valence-corrected chi connectivity index (χ1v) is 5.77. The molecule has 0 saturated heterocycles. The van der Waals surface area contributed by atoms with Crippen LogP contribution in [0.1, 0.15) is 27.9 Å². The van der Waals surface area contributed by atoms with E-state index in [1.54, 1.807) is 25.1 Å². The van der Waals surface area contributed by atoms with Crippen molar-refractivity contribution in [3.05, 3.63) is 57.9 Å². The molecule has 19 heavy (non-hydrogen) atoms. The Bertz CT molecular complexity index is 616. The fraction of sp³-hybridized carbons (Fsp3) is 0.231. The summed E-state index contributed by atoms with van der Waals surface area (Å²) in [7, 11) is 0. The SMILES string of the molecule is Cc1cc(C(=O)NCC(O)c2ccco2)cc(=O)[nH]1. The molecule has 1 unspecified atom stereocenters. The Morgan fingerprint density at radius 1 is 1.53 bits per heavy atom. The molecular weight excluding hydrogens is 248 g/mol. The Morgan fingerprint density at radius 2 is 2.32 bits per heavy atom. The molecule has 0 bridgehead atoms. The molecule has 0 aliphatic rings. The number of carbonyl (C=O) groups excluding carboxylic acids is 1. The van der Waals surface area contributed by atoms with Gasteiger partial charge < -0.3 is 19.8 Å². The van der Waals surface area contributed by atoms with E-state index >= 15 is 0 Å². The van der Waals surface area contributed by atoms with Crippen molar-refractivity contribution in [2.24, 2.45) is 0 Å². The molecule has 0 fully saturated rings. The van der Waals surface area contributed by atoms with Gasteiger partial charge in [0.05, 0.1) is 12.8 Å². The van der Waals surface area contributed by atoms with E-state index in [0.717, 1.165) is 0 Å². The Morgan fingerprint density at radius 3 is 2.95 bits per heavy atom. The van der Waals surface area contributed by atoms with Gasteiger partial charge in [0, 0.05) is 17.3 Å². The van der Waals surface area contributed by atoms with Crippen LogP contribution >= 0.6 is 0 Å². The zero-order chi connectivity index (χ0) is 13.8. The third-order valence-corrected chi connectivity index (χ3v) is 2.57. The highest BCUT2D eigenvalue weighted by Crippen LogP contribution is 2.11. The highest BCUT2D eigenvalue weighted by molar-refractivity contribution is 5.94. The zero-order valence-corrected chi connectivity index (χ0v) is 10.3. The second kappa shape index (κ2) is 5.53. The Kier molecular flexibility index (Phi) is 3.82. The lowest BCUT2D eigenvalue weighted by molar-refractivity contribution is 0.0901. The van der Waals surface area contributed by atoms with Crippen LogP contribution in [0.2, 0.25) is 0 Å². The van der Waals surface area contributed by atoms with Crippen LogP contribution in [0, 0.1) is 6.92 Å². The maximum atomic E-state index is 11.8. The number of rotatable bonds is 4. The molecule has 2 aromatic rings. The van der Waals surface area contributed by atoms with Gasteiger partial charge in [0.2, 0.25) is 5.56 Å². The highest BCUT2D eigenvalue weighted by Gasteiger charge is 2.13. The molecule has 100 valence electrons. The topological polar surface area (TPSA) is 95.3 Å². The van der Waals surface area contributed by atoms with Gasteiger partial charge in [-0.3, -0.25) is 9.59 Å². The molecule has 0 aliphatic heterocycles. The molecule has 3 N–H and O–H groups in total. The minimum absolute atomic E-state index is 0.0121. The molecule has 6 nitrogen and oxygen atoms in total. The lowest BCUT2D eigenvalue weighted by Crippen LogP contribution is -2.29. The zero-order valence-electron chi connectivity index (χ0n) is 10.3. The van der Waals surface area contributed by atoms with Crippen LogP contribution in [0.25, 0.3) is 0 Å². The summed E-state index contributed by atoms with van der Waals surface area (Å²) in [6.07, 6.45) is 0.530. The minimum Gasteiger partial charge on any atom is -0.467 e. The van der Waals surface area contributed by atoms with Gasteiger partial charge in [0.15, 0.2) is 0 Å². The van der Waals surface area contributed by atoms with Crippen LogP contribution < -0.4 is 10.9 Å². The number of pyridine rings is 1. The maximum Gasteiger partial charge on any atom is 0.251 e. The summed E-state index contributed by atoms with van der Waals surface area (Å²) >= 11 is 0. The first-order chi connectivity index (χ1) is 9.06. The molecule has 0 radical (unpaired) electrons. The average Bonchev–Trinajstić information content (AvgIpc) is 2.88. The van der Waals surface area contributed by atoms with E-state index in [0.29, 0.717) is 11.5 Å². The summed E-state index contributed by atoms with van der Waals surface area (Å²) < 4.78 is 5.02. The maximum absolute atomic E-state index is 11.8. The molecular formula is C13H14N2O4. The Balaban J connectivity index is 1.99. The number of nitrogens with one attached hydrogen (secondary N) is 2. The Labute approximate surface area is 109 Å². The number of furan rings is 1. The van der Waals surface area contributed by atoms with Crippen LogP contribution in [-0.2, 0) is 0 Å². The lowest BCUT2D eigenvalue weighted by Gasteiger charge is -2.09. The molecule has 1 amide bonds. The predicted octanol–water partition coefficient (Wildman–Crippen LogP) is 0.740. The van der Waals surface area contributed by atoms with Crippen molar-refractivity contribution in [1.82, 2.24) is 10.3 Å². The first kappa shape index (κ1) is 13.1. The summed E-state index contributed by atoms with van der Waals surface area (Å²) in [5.74, 6) is -0.0396. The third kappa shape index (κ3) is 3.32. The predicted molar refractivity (Wildman–Crippen MR) is 67.8 cm³/mol. The molecule has 0 aromatic carbocycles. The van der Waals surface area contributed by atoms with E-state index in [4.69, 9.17) is 4.42 Å². The van der Waals surface area contributed by atoms with Crippen LogP contribution in [0.5, 0.6) is 0 Å². The van der Waals surface area contributed by atoms with Crippen molar-refractivity contribution in [3.8, 4) is 0 Å². The van der Waals surface area contributed by atoms with Crippen molar-refractivity contribution < 1.29 is 14.3 Å². The van der Waals surface area contributed by atoms with Gasteiger partial charge >= 0.3 is 0 Å². The van der Waals surface area contributed by atoms with Crippen molar-refractivity contribution in [1.29, 1.82) is 0 Å². The van der Waals surface area contributed by atoms with E-state index < -0.39 is 12.0 Å². The standard InChI is InChI=1S/C13H14N2O4/c1-8-5-9(6-12(17)15-8)13(18)14-7-10(16)11-3-2-4-19-11/h2-6,10,16H,7H2,1H3,(H,14,18)(H,15,17). The molecule has 6 heteroatoms. The van der Waals surface area contributed by atoms with Crippen LogP contribution in [0.15, 0.2) is 39.7 Å². The Hall–Kier alpha value is -2.34. The second-order valence-electron chi connectivity index (χ2n) is 4.16. The second-order valence-corrected chi connectivity index (χ2v) is 4.16. The third-order valence-electron chi connectivity index (χ3n) is 2.57. The largest absolute Gasteiger partial charge is 0.467 e. The van der Waals surface area contributed by atoms with Gasteiger partial charge in [0.1, 0.15) is 11.9 Å². The number of hydrogen-bond acceptors (Lipinski definition) is 4. The molecule has 0 saturated carbocycles. The van der Waals surface area contributed by atoms with E-state index in [9.17, 15) is 14.7 Å². The van der Waals surface area contributed by atoms with Crippen LogP contribution in [-0.4, -0.2) is 22.5 Å². The van der Waals surface area contributed by atoms with Gasteiger partial charge in [0.25, 0.3) is 5.91 Å². The number of hydrogen-bond donors (Lipinski definition) is 3. The van der Waals surface area contributed by atoms with Crippen molar-refractivity contribution in [3.63, 3.8) is 0 Å².